The number of amides is 1. The Morgan fingerprint density at radius 3 is 2.46 bits per heavy atom. The normalized spacial score (nSPS) is 17.1. The van der Waals surface area contributed by atoms with Gasteiger partial charge in [0.15, 0.2) is 11.0 Å². The Bertz CT molecular complexity index is 801. The molecule has 2 N–H and O–H groups in total. The maximum atomic E-state index is 13.4. The Labute approximate surface area is 169 Å². The van der Waals surface area contributed by atoms with Crippen molar-refractivity contribution in [3.8, 4) is 5.69 Å². The summed E-state index contributed by atoms with van der Waals surface area (Å²) in [7, 11) is 4.11. The van der Waals surface area contributed by atoms with Crippen LogP contribution in [0.1, 0.15) is 51.4 Å². The van der Waals surface area contributed by atoms with E-state index in [1.54, 1.807) is 12.1 Å². The lowest BCUT2D eigenvalue weighted by Crippen LogP contribution is -3.05. The predicted octanol–water partition coefficient (Wildman–Crippen LogP) is 2.15. The number of thioether (sulfide) groups is 1. The number of carbonyl (C=O) groups is 1. The van der Waals surface area contributed by atoms with E-state index in [1.807, 2.05) is 11.5 Å². The summed E-state index contributed by atoms with van der Waals surface area (Å²) in [5.74, 6) is 0.527. The topological polar surface area (TPSA) is 64.2 Å². The molecule has 0 saturated heterocycles. The molecular formula is C20H29FN5OS+. The van der Waals surface area contributed by atoms with E-state index < -0.39 is 0 Å². The van der Waals surface area contributed by atoms with E-state index >= 15 is 0 Å². The first-order valence-electron chi connectivity index (χ1n) is 9.85. The monoisotopic (exact) mass is 406 g/mol. The number of aromatic nitrogens is 3. The van der Waals surface area contributed by atoms with Crippen molar-refractivity contribution >= 4 is 17.7 Å². The Morgan fingerprint density at radius 2 is 1.86 bits per heavy atom. The van der Waals surface area contributed by atoms with Crippen molar-refractivity contribution in [1.29, 1.82) is 0 Å². The van der Waals surface area contributed by atoms with Crippen molar-refractivity contribution in [3.63, 3.8) is 0 Å². The van der Waals surface area contributed by atoms with Crippen molar-refractivity contribution in [2.24, 2.45) is 0 Å². The molecular weight excluding hydrogens is 377 g/mol. The van der Waals surface area contributed by atoms with Gasteiger partial charge in [-0.15, -0.1) is 10.2 Å². The van der Waals surface area contributed by atoms with Gasteiger partial charge in [-0.3, -0.25) is 9.36 Å². The Kier molecular flexibility index (Phi) is 6.72. The minimum Gasteiger partial charge on any atom is -0.352 e. The number of hydrogen-bond donors (Lipinski definition) is 2. The number of hydrogen-bond acceptors (Lipinski definition) is 4. The minimum absolute atomic E-state index is 0.0263. The van der Waals surface area contributed by atoms with Gasteiger partial charge in [0.05, 0.1) is 19.3 Å². The second-order valence-corrected chi connectivity index (χ2v) is 9.01. The number of benzene rings is 1. The van der Waals surface area contributed by atoms with E-state index in [9.17, 15) is 9.18 Å². The van der Waals surface area contributed by atoms with Gasteiger partial charge in [0.25, 0.3) is 0 Å². The van der Waals surface area contributed by atoms with Gasteiger partial charge < -0.3 is 10.2 Å². The molecule has 6 nitrogen and oxygen atoms in total. The van der Waals surface area contributed by atoms with E-state index in [1.165, 1.54) is 41.6 Å². The molecule has 0 unspecified atom stereocenters. The average molecular weight is 407 g/mol. The molecule has 152 valence electrons. The van der Waals surface area contributed by atoms with Crippen LogP contribution in [0.25, 0.3) is 5.69 Å². The number of quaternary nitrogens is 1. The van der Waals surface area contributed by atoms with Crippen LogP contribution in [0.2, 0.25) is 0 Å². The van der Waals surface area contributed by atoms with Crippen LogP contribution in [0.3, 0.4) is 0 Å². The lowest BCUT2D eigenvalue weighted by Gasteiger charge is -2.19. The first kappa shape index (κ1) is 20.8. The lowest BCUT2D eigenvalue weighted by atomic mass is 10.2. The van der Waals surface area contributed by atoms with E-state index in [2.05, 4.69) is 36.5 Å². The lowest BCUT2D eigenvalue weighted by molar-refractivity contribution is -0.890. The highest BCUT2D eigenvalue weighted by Crippen LogP contribution is 2.28. The van der Waals surface area contributed by atoms with Gasteiger partial charge in [-0.05, 0) is 51.0 Å². The van der Waals surface area contributed by atoms with E-state index in [0.717, 1.165) is 24.4 Å². The molecule has 28 heavy (non-hydrogen) atoms. The first-order valence-corrected chi connectivity index (χ1v) is 10.7. The van der Waals surface area contributed by atoms with Gasteiger partial charge in [-0.25, -0.2) is 4.39 Å². The summed E-state index contributed by atoms with van der Waals surface area (Å²) in [5.41, 5.74) is 0.792. The molecule has 0 spiro atoms. The summed E-state index contributed by atoms with van der Waals surface area (Å²) in [6.07, 6.45) is 4.48. The van der Waals surface area contributed by atoms with Crippen molar-refractivity contribution in [2.75, 3.05) is 14.1 Å². The van der Waals surface area contributed by atoms with Crippen LogP contribution in [0.15, 0.2) is 29.4 Å². The van der Waals surface area contributed by atoms with Crippen LogP contribution in [-0.2, 0) is 4.79 Å². The Balaban J connectivity index is 1.85. The first-order chi connectivity index (χ1) is 13.4. The quantitative estimate of drug-likeness (QED) is 0.692. The van der Waals surface area contributed by atoms with E-state index in [4.69, 9.17) is 0 Å². The molecule has 1 aromatic carbocycles. The molecule has 0 aliphatic heterocycles. The highest BCUT2D eigenvalue weighted by molar-refractivity contribution is 8.00. The summed E-state index contributed by atoms with van der Waals surface area (Å²) in [6.45, 7) is 3.96. The molecule has 3 rings (SSSR count). The largest absolute Gasteiger partial charge is 0.352 e. The second kappa shape index (κ2) is 9.05. The molecule has 0 bridgehead atoms. The zero-order chi connectivity index (χ0) is 20.3. The van der Waals surface area contributed by atoms with Gasteiger partial charge in [0, 0.05) is 11.7 Å². The summed E-state index contributed by atoms with van der Waals surface area (Å²) in [6, 6.07) is 6.67. The highest BCUT2D eigenvalue weighted by Gasteiger charge is 2.27. The molecule has 2 atom stereocenters. The molecule has 0 radical (unpaired) electrons. The fraction of sp³-hybridized carbons (Fsp3) is 0.550. The van der Waals surface area contributed by atoms with Crippen molar-refractivity contribution in [2.45, 2.75) is 62.0 Å². The van der Waals surface area contributed by atoms with Crippen LogP contribution in [0.5, 0.6) is 0 Å². The molecule has 1 heterocycles. The molecule has 1 fully saturated rings. The van der Waals surface area contributed by atoms with Gasteiger partial charge in [-0.1, -0.05) is 24.6 Å². The van der Waals surface area contributed by atoms with Crippen LogP contribution >= 0.6 is 11.8 Å². The maximum Gasteiger partial charge on any atom is 0.233 e. The van der Waals surface area contributed by atoms with E-state index in [-0.39, 0.29) is 23.0 Å². The standard InChI is InChI=1S/C20H28FN5OS/c1-13(25(3)4)18-23-24-20(26(18)17-11-9-15(21)10-12-17)28-14(2)19(27)22-16-7-5-6-8-16/h9-14,16H,5-8H2,1-4H3,(H,22,27)/p+1/t13-,14+/m0/s1. The van der Waals surface area contributed by atoms with Crippen molar-refractivity contribution < 1.29 is 14.1 Å². The summed E-state index contributed by atoms with van der Waals surface area (Å²) < 4.78 is 15.4. The molecule has 8 heteroatoms. The third kappa shape index (κ3) is 4.72. The summed E-state index contributed by atoms with van der Waals surface area (Å²) in [5, 5.41) is 12.3. The molecule has 1 aliphatic rings. The number of halogens is 1. The van der Waals surface area contributed by atoms with Gasteiger partial charge in [0.1, 0.15) is 11.9 Å². The molecule has 2 aromatic rings. The van der Waals surface area contributed by atoms with Crippen LogP contribution in [0.4, 0.5) is 4.39 Å². The number of rotatable bonds is 7. The third-order valence-electron chi connectivity index (χ3n) is 5.35. The van der Waals surface area contributed by atoms with Crippen molar-refractivity contribution in [3.05, 3.63) is 35.9 Å². The molecule has 1 aliphatic carbocycles. The Hall–Kier alpha value is -1.93. The zero-order valence-electron chi connectivity index (χ0n) is 16.9. The fourth-order valence-electron chi connectivity index (χ4n) is 3.33. The SMILES string of the molecule is C[C@@H](Sc1nnc([C@H](C)[NH+](C)C)n1-c1ccc(F)cc1)C(=O)NC1CCCC1. The third-order valence-corrected chi connectivity index (χ3v) is 6.39. The number of nitrogens with zero attached hydrogens (tertiary/aromatic N) is 3. The molecule has 1 amide bonds. The van der Waals surface area contributed by atoms with Gasteiger partial charge in [0.2, 0.25) is 5.91 Å². The summed E-state index contributed by atoms with van der Waals surface area (Å²) in [4.78, 5) is 13.8. The van der Waals surface area contributed by atoms with Crippen LogP contribution in [0, 0.1) is 5.82 Å². The fourth-order valence-corrected chi connectivity index (χ4v) is 4.21. The Morgan fingerprint density at radius 1 is 1.21 bits per heavy atom. The number of nitrogens with one attached hydrogen (secondary N) is 2. The van der Waals surface area contributed by atoms with Crippen molar-refractivity contribution in [1.82, 2.24) is 20.1 Å². The zero-order valence-corrected chi connectivity index (χ0v) is 17.7. The van der Waals surface area contributed by atoms with Crippen LogP contribution in [-0.4, -0.2) is 46.1 Å². The van der Waals surface area contributed by atoms with Gasteiger partial charge >= 0.3 is 0 Å². The minimum atomic E-state index is -0.293. The second-order valence-electron chi connectivity index (χ2n) is 7.70. The summed E-state index contributed by atoms with van der Waals surface area (Å²) >= 11 is 1.38. The smallest absolute Gasteiger partial charge is 0.233 e. The number of carbonyl (C=O) groups excluding carboxylic acids is 1. The molecule has 1 aromatic heterocycles. The maximum absolute atomic E-state index is 13.4. The predicted molar refractivity (Wildman–Crippen MR) is 108 cm³/mol. The van der Waals surface area contributed by atoms with Gasteiger partial charge in [-0.2, -0.15) is 0 Å². The average Bonchev–Trinajstić information content (AvgIpc) is 3.31. The van der Waals surface area contributed by atoms with E-state index in [0.29, 0.717) is 11.2 Å². The molecule has 1 saturated carbocycles. The van der Waals surface area contributed by atoms with Crippen LogP contribution < -0.4 is 10.2 Å². The highest BCUT2D eigenvalue weighted by atomic mass is 32.2.